The number of rotatable bonds is 4. The molecule has 0 saturated heterocycles. The number of amidine groups is 1. The summed E-state index contributed by atoms with van der Waals surface area (Å²) >= 11 is 0. The van der Waals surface area contributed by atoms with Gasteiger partial charge in [-0.15, -0.1) is 0 Å². The van der Waals surface area contributed by atoms with Crippen LogP contribution in [0.25, 0.3) is 0 Å². The van der Waals surface area contributed by atoms with Crippen LogP contribution >= 0.6 is 0 Å². The number of hydrogen-bond acceptors (Lipinski definition) is 3. The van der Waals surface area contributed by atoms with Gasteiger partial charge < -0.3 is 15.8 Å². The minimum absolute atomic E-state index is 0.0252. The maximum absolute atomic E-state index is 13.6. The molecule has 3 N–H and O–H groups in total. The third kappa shape index (κ3) is 3.51. The van der Waals surface area contributed by atoms with Crippen LogP contribution in [-0.4, -0.2) is 34.4 Å². The van der Waals surface area contributed by atoms with E-state index in [1.165, 1.54) is 6.07 Å². The van der Waals surface area contributed by atoms with E-state index in [9.17, 15) is 9.18 Å². The van der Waals surface area contributed by atoms with Crippen molar-refractivity contribution in [3.8, 4) is 0 Å². The topological polar surface area (TPSA) is 78.9 Å². The van der Waals surface area contributed by atoms with Gasteiger partial charge in [-0.2, -0.15) is 0 Å². The molecule has 1 aliphatic carbocycles. The molecule has 114 valence electrons. The number of carbonyl (C=O) groups excluding carboxylic acids is 1. The molecule has 21 heavy (non-hydrogen) atoms. The summed E-state index contributed by atoms with van der Waals surface area (Å²) in [5.41, 5.74) is 6.33. The molecule has 0 aromatic heterocycles. The zero-order chi connectivity index (χ0) is 15.4. The second-order valence-electron chi connectivity index (χ2n) is 5.43. The van der Waals surface area contributed by atoms with Crippen LogP contribution in [0.1, 0.15) is 41.6 Å². The van der Waals surface area contributed by atoms with Crippen molar-refractivity contribution >= 4 is 11.7 Å². The van der Waals surface area contributed by atoms with Crippen LogP contribution in [0.5, 0.6) is 0 Å². The van der Waals surface area contributed by atoms with Gasteiger partial charge in [0.1, 0.15) is 5.82 Å². The van der Waals surface area contributed by atoms with Gasteiger partial charge in [-0.05, 0) is 37.5 Å². The Bertz CT molecular complexity index is 554. The highest BCUT2D eigenvalue weighted by molar-refractivity contribution is 5.97. The average Bonchev–Trinajstić information content (AvgIpc) is 3.00. The Kier molecular flexibility index (Phi) is 4.77. The summed E-state index contributed by atoms with van der Waals surface area (Å²) < 4.78 is 13.6. The SMILES string of the molecule is Cc1ccc(C(=O)N(CC(N)=NO)C2CCCC2)cc1F. The van der Waals surface area contributed by atoms with E-state index in [1.807, 2.05) is 0 Å². The van der Waals surface area contributed by atoms with Crippen LogP contribution in [0.15, 0.2) is 23.4 Å². The quantitative estimate of drug-likeness (QED) is 0.387. The lowest BCUT2D eigenvalue weighted by Crippen LogP contribution is -2.44. The number of amides is 1. The third-order valence-electron chi connectivity index (χ3n) is 3.91. The van der Waals surface area contributed by atoms with E-state index in [4.69, 9.17) is 10.9 Å². The molecular formula is C15H20FN3O2. The zero-order valence-electron chi connectivity index (χ0n) is 12.1. The van der Waals surface area contributed by atoms with E-state index in [-0.39, 0.29) is 29.9 Å². The van der Waals surface area contributed by atoms with Crippen molar-refractivity contribution in [1.29, 1.82) is 0 Å². The van der Waals surface area contributed by atoms with Crippen LogP contribution < -0.4 is 5.73 Å². The number of halogens is 1. The average molecular weight is 293 g/mol. The first kappa shape index (κ1) is 15.3. The highest BCUT2D eigenvalue weighted by Gasteiger charge is 2.28. The Balaban J connectivity index is 2.25. The molecule has 1 saturated carbocycles. The molecule has 0 bridgehead atoms. The maximum atomic E-state index is 13.6. The van der Waals surface area contributed by atoms with Crippen LogP contribution in [0.4, 0.5) is 4.39 Å². The molecule has 1 fully saturated rings. The van der Waals surface area contributed by atoms with Crippen molar-refractivity contribution in [2.24, 2.45) is 10.9 Å². The van der Waals surface area contributed by atoms with Gasteiger partial charge in [0.15, 0.2) is 5.84 Å². The molecule has 0 heterocycles. The number of nitrogens with two attached hydrogens (primary N) is 1. The fraction of sp³-hybridized carbons (Fsp3) is 0.467. The highest BCUT2D eigenvalue weighted by atomic mass is 19.1. The Hall–Kier alpha value is -2.11. The first-order valence-electron chi connectivity index (χ1n) is 7.06. The van der Waals surface area contributed by atoms with E-state index in [0.717, 1.165) is 25.7 Å². The molecule has 1 aromatic rings. The molecule has 0 spiro atoms. The standard InChI is InChI=1S/C15H20FN3O2/c1-10-6-7-11(8-13(10)16)15(20)19(9-14(17)18-21)12-4-2-3-5-12/h6-8,12,21H,2-5,9H2,1H3,(H2,17,18). The summed E-state index contributed by atoms with van der Waals surface area (Å²) in [6.07, 6.45) is 3.87. The van der Waals surface area contributed by atoms with Gasteiger partial charge in [0.05, 0.1) is 6.54 Å². The molecule has 2 rings (SSSR count). The lowest BCUT2D eigenvalue weighted by molar-refractivity contribution is 0.0712. The number of aryl methyl sites for hydroxylation is 1. The van der Waals surface area contributed by atoms with E-state index >= 15 is 0 Å². The Morgan fingerprint density at radius 3 is 2.71 bits per heavy atom. The molecule has 0 atom stereocenters. The fourth-order valence-corrected chi connectivity index (χ4v) is 2.68. The third-order valence-corrected chi connectivity index (χ3v) is 3.91. The monoisotopic (exact) mass is 293 g/mol. The predicted octanol–water partition coefficient (Wildman–Crippen LogP) is 2.27. The summed E-state index contributed by atoms with van der Waals surface area (Å²) in [5, 5.41) is 11.7. The van der Waals surface area contributed by atoms with E-state index < -0.39 is 5.82 Å². The number of benzene rings is 1. The van der Waals surface area contributed by atoms with E-state index in [0.29, 0.717) is 5.56 Å². The Morgan fingerprint density at radius 2 is 2.14 bits per heavy atom. The highest BCUT2D eigenvalue weighted by Crippen LogP contribution is 2.25. The zero-order valence-corrected chi connectivity index (χ0v) is 12.1. The van der Waals surface area contributed by atoms with Crippen LogP contribution in [0.3, 0.4) is 0 Å². The Labute approximate surface area is 123 Å². The molecule has 0 radical (unpaired) electrons. The van der Waals surface area contributed by atoms with Gasteiger partial charge in [-0.25, -0.2) is 4.39 Å². The maximum Gasteiger partial charge on any atom is 0.254 e. The smallest absolute Gasteiger partial charge is 0.254 e. The van der Waals surface area contributed by atoms with Gasteiger partial charge >= 0.3 is 0 Å². The number of oxime groups is 1. The van der Waals surface area contributed by atoms with Crippen molar-refractivity contribution in [3.05, 3.63) is 35.1 Å². The second kappa shape index (κ2) is 6.56. The molecule has 0 aliphatic heterocycles. The number of nitrogens with zero attached hydrogens (tertiary/aromatic N) is 2. The van der Waals surface area contributed by atoms with Gasteiger partial charge in [-0.3, -0.25) is 4.79 Å². The van der Waals surface area contributed by atoms with Crippen LogP contribution in [-0.2, 0) is 0 Å². The lowest BCUT2D eigenvalue weighted by atomic mass is 10.1. The number of carbonyl (C=O) groups is 1. The molecule has 1 aliphatic rings. The summed E-state index contributed by atoms with van der Waals surface area (Å²) in [6.45, 7) is 1.70. The normalized spacial score (nSPS) is 16.2. The van der Waals surface area contributed by atoms with E-state index in [1.54, 1.807) is 24.0 Å². The van der Waals surface area contributed by atoms with Gasteiger partial charge in [0.2, 0.25) is 0 Å². The summed E-state index contributed by atoms with van der Waals surface area (Å²) in [5.74, 6) is -0.716. The molecule has 5 nitrogen and oxygen atoms in total. The first-order chi connectivity index (χ1) is 10.0. The van der Waals surface area contributed by atoms with E-state index in [2.05, 4.69) is 5.16 Å². The molecule has 1 aromatic carbocycles. The largest absolute Gasteiger partial charge is 0.409 e. The van der Waals surface area contributed by atoms with Crippen molar-refractivity contribution < 1.29 is 14.4 Å². The lowest BCUT2D eigenvalue weighted by Gasteiger charge is -2.28. The van der Waals surface area contributed by atoms with Gasteiger partial charge in [0.25, 0.3) is 5.91 Å². The minimum Gasteiger partial charge on any atom is -0.409 e. The summed E-state index contributed by atoms with van der Waals surface area (Å²) in [7, 11) is 0. The molecule has 0 unspecified atom stereocenters. The van der Waals surface area contributed by atoms with Crippen molar-refractivity contribution in [2.75, 3.05) is 6.54 Å². The minimum atomic E-state index is -0.406. The van der Waals surface area contributed by atoms with Gasteiger partial charge in [-0.1, -0.05) is 24.1 Å². The summed E-state index contributed by atoms with van der Waals surface area (Å²) in [6, 6.07) is 4.49. The molecule has 1 amide bonds. The predicted molar refractivity (Wildman–Crippen MR) is 77.8 cm³/mol. The number of hydrogen-bond donors (Lipinski definition) is 2. The van der Waals surface area contributed by atoms with Crippen LogP contribution in [0.2, 0.25) is 0 Å². The van der Waals surface area contributed by atoms with Crippen molar-refractivity contribution in [1.82, 2.24) is 4.90 Å². The first-order valence-corrected chi connectivity index (χ1v) is 7.06. The summed E-state index contributed by atoms with van der Waals surface area (Å²) in [4.78, 5) is 14.2. The molecule has 6 heteroatoms. The molecular weight excluding hydrogens is 273 g/mol. The second-order valence-corrected chi connectivity index (χ2v) is 5.43. The fourth-order valence-electron chi connectivity index (χ4n) is 2.68. The van der Waals surface area contributed by atoms with Gasteiger partial charge in [0, 0.05) is 11.6 Å². The van der Waals surface area contributed by atoms with Crippen molar-refractivity contribution in [2.45, 2.75) is 38.6 Å². The van der Waals surface area contributed by atoms with Crippen molar-refractivity contribution in [3.63, 3.8) is 0 Å². The van der Waals surface area contributed by atoms with Crippen LogP contribution in [0, 0.1) is 12.7 Å². The Morgan fingerprint density at radius 1 is 1.48 bits per heavy atom.